The summed E-state index contributed by atoms with van der Waals surface area (Å²) in [6.07, 6.45) is 0.799. The van der Waals surface area contributed by atoms with Crippen LogP contribution in [0.3, 0.4) is 0 Å². The van der Waals surface area contributed by atoms with Crippen LogP contribution in [0.5, 0.6) is 0 Å². The Balaban J connectivity index is 2.07. The Labute approximate surface area is 113 Å². The molecule has 0 bridgehead atoms. The molecule has 2 rings (SSSR count). The number of nitrogens with zero attached hydrogens (tertiary/aromatic N) is 1. The number of hydrogen-bond acceptors (Lipinski definition) is 3. The molecule has 1 aromatic rings. The Bertz CT molecular complexity index is 456. The average molecular weight is 261 g/mol. The molecule has 0 aromatic heterocycles. The minimum absolute atomic E-state index is 0.0832. The Hall–Kier alpha value is -2.04. The van der Waals surface area contributed by atoms with Gasteiger partial charge in [0.15, 0.2) is 0 Å². The van der Waals surface area contributed by atoms with Crippen LogP contribution in [-0.2, 0) is 4.79 Å². The van der Waals surface area contributed by atoms with Gasteiger partial charge in [-0.05, 0) is 37.6 Å². The SMILES string of the molecule is CCNc1ccc(C(=O)N2CCCNC(=O)C2)cc1. The third-order valence-corrected chi connectivity index (χ3v) is 3.06. The summed E-state index contributed by atoms with van der Waals surface area (Å²) in [4.78, 5) is 25.3. The minimum Gasteiger partial charge on any atom is -0.385 e. The second-order valence-electron chi connectivity index (χ2n) is 4.54. The third-order valence-electron chi connectivity index (χ3n) is 3.06. The van der Waals surface area contributed by atoms with E-state index in [0.29, 0.717) is 18.7 Å². The lowest BCUT2D eigenvalue weighted by atomic mass is 10.1. The first kappa shape index (κ1) is 13.4. The Morgan fingerprint density at radius 2 is 2.11 bits per heavy atom. The van der Waals surface area contributed by atoms with Crippen molar-refractivity contribution in [1.29, 1.82) is 0 Å². The quantitative estimate of drug-likeness (QED) is 0.856. The van der Waals surface area contributed by atoms with E-state index in [0.717, 1.165) is 18.7 Å². The molecule has 1 aromatic carbocycles. The van der Waals surface area contributed by atoms with E-state index in [-0.39, 0.29) is 18.4 Å². The van der Waals surface area contributed by atoms with Crippen molar-refractivity contribution in [2.75, 3.05) is 31.5 Å². The predicted molar refractivity (Wildman–Crippen MR) is 74.1 cm³/mol. The molecule has 2 amide bonds. The normalized spacial score (nSPS) is 15.6. The zero-order valence-corrected chi connectivity index (χ0v) is 11.1. The third kappa shape index (κ3) is 3.47. The van der Waals surface area contributed by atoms with E-state index in [1.165, 1.54) is 0 Å². The number of carbonyl (C=O) groups is 2. The summed E-state index contributed by atoms with van der Waals surface area (Å²) >= 11 is 0. The smallest absolute Gasteiger partial charge is 0.254 e. The number of carbonyl (C=O) groups excluding carboxylic acids is 2. The number of rotatable bonds is 3. The molecule has 0 radical (unpaired) electrons. The molecule has 1 heterocycles. The van der Waals surface area contributed by atoms with Crippen molar-refractivity contribution < 1.29 is 9.59 Å². The Kier molecular flexibility index (Phi) is 4.39. The first-order chi connectivity index (χ1) is 9.20. The molecule has 1 aliphatic heterocycles. The summed E-state index contributed by atoms with van der Waals surface area (Å²) in [5.74, 6) is -0.171. The highest BCUT2D eigenvalue weighted by Crippen LogP contribution is 2.12. The Morgan fingerprint density at radius 1 is 1.37 bits per heavy atom. The number of amides is 2. The van der Waals surface area contributed by atoms with E-state index in [4.69, 9.17) is 0 Å². The van der Waals surface area contributed by atoms with Crippen LogP contribution in [0.2, 0.25) is 0 Å². The molecular weight excluding hydrogens is 242 g/mol. The summed E-state index contributed by atoms with van der Waals surface area (Å²) in [5.41, 5.74) is 1.61. The molecule has 102 valence electrons. The van der Waals surface area contributed by atoms with Crippen LogP contribution in [0, 0.1) is 0 Å². The van der Waals surface area contributed by atoms with Gasteiger partial charge in [0.1, 0.15) is 0 Å². The monoisotopic (exact) mass is 261 g/mol. The van der Waals surface area contributed by atoms with Crippen molar-refractivity contribution in [2.24, 2.45) is 0 Å². The lowest BCUT2D eigenvalue weighted by Gasteiger charge is -2.19. The number of hydrogen-bond donors (Lipinski definition) is 2. The van der Waals surface area contributed by atoms with Gasteiger partial charge in [0, 0.05) is 30.9 Å². The molecule has 5 heteroatoms. The van der Waals surface area contributed by atoms with E-state index in [9.17, 15) is 9.59 Å². The molecule has 5 nitrogen and oxygen atoms in total. The number of benzene rings is 1. The van der Waals surface area contributed by atoms with Crippen molar-refractivity contribution in [3.63, 3.8) is 0 Å². The van der Waals surface area contributed by atoms with Crippen molar-refractivity contribution >= 4 is 17.5 Å². The maximum Gasteiger partial charge on any atom is 0.254 e. The molecule has 0 spiro atoms. The van der Waals surface area contributed by atoms with Crippen LogP contribution in [0.1, 0.15) is 23.7 Å². The van der Waals surface area contributed by atoms with E-state index in [2.05, 4.69) is 10.6 Å². The van der Waals surface area contributed by atoms with Gasteiger partial charge in [0.25, 0.3) is 5.91 Å². The van der Waals surface area contributed by atoms with Crippen molar-refractivity contribution in [1.82, 2.24) is 10.2 Å². The maximum absolute atomic E-state index is 12.3. The van der Waals surface area contributed by atoms with E-state index >= 15 is 0 Å². The molecular formula is C14H19N3O2. The lowest BCUT2D eigenvalue weighted by Crippen LogP contribution is -2.37. The van der Waals surface area contributed by atoms with Crippen LogP contribution >= 0.6 is 0 Å². The van der Waals surface area contributed by atoms with Gasteiger partial charge in [0.2, 0.25) is 5.91 Å². The van der Waals surface area contributed by atoms with Gasteiger partial charge in [0.05, 0.1) is 6.54 Å². The van der Waals surface area contributed by atoms with E-state index < -0.39 is 0 Å². The second kappa shape index (κ2) is 6.22. The van der Waals surface area contributed by atoms with Crippen LogP contribution in [0.15, 0.2) is 24.3 Å². The molecule has 0 aliphatic carbocycles. The van der Waals surface area contributed by atoms with Gasteiger partial charge in [-0.2, -0.15) is 0 Å². The van der Waals surface area contributed by atoms with Gasteiger partial charge in [-0.3, -0.25) is 9.59 Å². The summed E-state index contributed by atoms with van der Waals surface area (Å²) < 4.78 is 0. The van der Waals surface area contributed by atoms with Crippen LogP contribution in [0.25, 0.3) is 0 Å². The lowest BCUT2D eigenvalue weighted by molar-refractivity contribution is -0.121. The molecule has 2 N–H and O–H groups in total. The zero-order chi connectivity index (χ0) is 13.7. The highest BCUT2D eigenvalue weighted by Gasteiger charge is 2.20. The zero-order valence-electron chi connectivity index (χ0n) is 11.1. The molecule has 1 saturated heterocycles. The fourth-order valence-electron chi connectivity index (χ4n) is 2.10. The van der Waals surface area contributed by atoms with Crippen LogP contribution < -0.4 is 10.6 Å². The topological polar surface area (TPSA) is 61.4 Å². The highest BCUT2D eigenvalue weighted by atomic mass is 16.2. The Morgan fingerprint density at radius 3 is 2.79 bits per heavy atom. The molecule has 0 unspecified atom stereocenters. The summed E-state index contributed by atoms with van der Waals surface area (Å²) in [7, 11) is 0. The first-order valence-electron chi connectivity index (χ1n) is 6.60. The van der Waals surface area contributed by atoms with E-state index in [1.807, 2.05) is 19.1 Å². The van der Waals surface area contributed by atoms with Gasteiger partial charge in [-0.1, -0.05) is 0 Å². The first-order valence-corrected chi connectivity index (χ1v) is 6.60. The van der Waals surface area contributed by atoms with Crippen molar-refractivity contribution in [3.05, 3.63) is 29.8 Å². The van der Waals surface area contributed by atoms with Crippen molar-refractivity contribution in [3.8, 4) is 0 Å². The second-order valence-corrected chi connectivity index (χ2v) is 4.54. The van der Waals surface area contributed by atoms with Gasteiger partial charge in [-0.25, -0.2) is 0 Å². The summed E-state index contributed by atoms with van der Waals surface area (Å²) in [6, 6.07) is 7.36. The summed E-state index contributed by atoms with van der Waals surface area (Å²) in [5, 5.41) is 5.95. The maximum atomic E-state index is 12.3. The van der Waals surface area contributed by atoms with Gasteiger partial charge >= 0.3 is 0 Å². The van der Waals surface area contributed by atoms with Crippen molar-refractivity contribution in [2.45, 2.75) is 13.3 Å². The number of anilines is 1. The number of nitrogens with one attached hydrogen (secondary N) is 2. The molecule has 1 aliphatic rings. The largest absolute Gasteiger partial charge is 0.385 e. The average Bonchev–Trinajstić information content (AvgIpc) is 2.64. The molecule has 1 fully saturated rings. The fourth-order valence-corrected chi connectivity index (χ4v) is 2.10. The van der Waals surface area contributed by atoms with Gasteiger partial charge in [-0.15, -0.1) is 0 Å². The standard InChI is InChI=1S/C14H19N3O2/c1-2-15-12-6-4-11(5-7-12)14(19)17-9-3-8-16-13(18)10-17/h4-7,15H,2-3,8-10H2,1H3,(H,16,18). The minimum atomic E-state index is -0.0879. The molecule has 19 heavy (non-hydrogen) atoms. The molecule has 0 saturated carbocycles. The predicted octanol–water partition coefficient (Wildman–Crippen LogP) is 1.08. The fraction of sp³-hybridized carbons (Fsp3) is 0.429. The van der Waals surface area contributed by atoms with Crippen LogP contribution in [-0.4, -0.2) is 42.9 Å². The van der Waals surface area contributed by atoms with Gasteiger partial charge < -0.3 is 15.5 Å². The molecule has 0 atom stereocenters. The summed E-state index contributed by atoms with van der Waals surface area (Å²) in [6.45, 7) is 4.27. The van der Waals surface area contributed by atoms with E-state index in [1.54, 1.807) is 17.0 Å². The van der Waals surface area contributed by atoms with Crippen LogP contribution in [0.4, 0.5) is 5.69 Å². The highest BCUT2D eigenvalue weighted by molar-refractivity contribution is 5.96.